The molecule has 0 saturated heterocycles. The van der Waals surface area contributed by atoms with Crippen LogP contribution in [0.15, 0.2) is 24.3 Å². The minimum absolute atomic E-state index is 0.0107. The third kappa shape index (κ3) is 3.97. The molecule has 6 heteroatoms. The number of benzene rings is 1. The summed E-state index contributed by atoms with van der Waals surface area (Å²) in [7, 11) is -3.30. The molecule has 0 aliphatic heterocycles. The average Bonchev–Trinajstić information content (AvgIpc) is 2.38. The second kappa shape index (κ2) is 6.47. The zero-order chi connectivity index (χ0) is 14.6. The number of aliphatic hydroxyl groups excluding tert-OH is 1. The van der Waals surface area contributed by atoms with E-state index < -0.39 is 10.0 Å². The molecule has 1 aromatic carbocycles. The van der Waals surface area contributed by atoms with Crippen molar-refractivity contribution >= 4 is 21.8 Å². The van der Waals surface area contributed by atoms with Gasteiger partial charge in [-0.15, -0.1) is 0 Å². The third-order valence-corrected chi connectivity index (χ3v) is 6.59. The summed E-state index contributed by atoms with van der Waals surface area (Å²) in [6, 6.07) is 7.00. The van der Waals surface area contributed by atoms with Crippen LogP contribution in [0.5, 0.6) is 0 Å². The van der Waals surface area contributed by atoms with Crippen LogP contribution in [-0.2, 0) is 22.4 Å². The molecular formula is C14H21NO3S2. The van der Waals surface area contributed by atoms with Gasteiger partial charge in [0.05, 0.1) is 12.4 Å². The molecule has 1 saturated carbocycles. The number of hydrogen-bond donors (Lipinski definition) is 2. The first kappa shape index (κ1) is 15.8. The fourth-order valence-electron chi connectivity index (χ4n) is 2.28. The largest absolute Gasteiger partial charge is 0.392 e. The van der Waals surface area contributed by atoms with Crippen molar-refractivity contribution in [3.05, 3.63) is 35.4 Å². The Kier molecular flexibility index (Phi) is 5.12. The standard InChI is InChI=1S/C14H21NO3S2/c1-19-14(7-2-8-14)11-15-20(17,18)10-13-5-3-12(9-16)4-6-13/h3-6,15-16H,2,7-11H2,1H3. The van der Waals surface area contributed by atoms with E-state index in [-0.39, 0.29) is 17.1 Å². The summed E-state index contributed by atoms with van der Waals surface area (Å²) in [6.45, 7) is 0.493. The zero-order valence-corrected chi connectivity index (χ0v) is 13.3. The first-order valence-electron chi connectivity index (χ1n) is 6.70. The van der Waals surface area contributed by atoms with Gasteiger partial charge in [-0.1, -0.05) is 30.7 Å². The lowest BCUT2D eigenvalue weighted by Crippen LogP contribution is -2.45. The van der Waals surface area contributed by atoms with Crippen molar-refractivity contribution < 1.29 is 13.5 Å². The average molecular weight is 315 g/mol. The summed E-state index contributed by atoms with van der Waals surface area (Å²) in [6.07, 6.45) is 5.40. The molecule has 0 amide bonds. The number of nitrogens with one attached hydrogen (secondary N) is 1. The van der Waals surface area contributed by atoms with E-state index in [1.165, 1.54) is 6.42 Å². The third-order valence-electron chi connectivity index (χ3n) is 3.87. The number of hydrogen-bond acceptors (Lipinski definition) is 4. The van der Waals surface area contributed by atoms with Crippen molar-refractivity contribution in [1.29, 1.82) is 0 Å². The Morgan fingerprint density at radius 1 is 1.25 bits per heavy atom. The number of sulfonamides is 1. The fourth-order valence-corrected chi connectivity index (χ4v) is 4.51. The van der Waals surface area contributed by atoms with E-state index in [0.29, 0.717) is 6.54 Å². The van der Waals surface area contributed by atoms with Gasteiger partial charge in [0.2, 0.25) is 10.0 Å². The second-order valence-corrected chi connectivity index (χ2v) is 8.38. The van der Waals surface area contributed by atoms with Gasteiger partial charge in [-0.05, 0) is 30.2 Å². The van der Waals surface area contributed by atoms with E-state index in [0.717, 1.165) is 24.0 Å². The number of thioether (sulfide) groups is 1. The Balaban J connectivity index is 1.92. The van der Waals surface area contributed by atoms with Crippen molar-refractivity contribution in [3.8, 4) is 0 Å². The molecule has 2 rings (SSSR count). The molecule has 0 atom stereocenters. The lowest BCUT2D eigenvalue weighted by Gasteiger charge is -2.40. The smallest absolute Gasteiger partial charge is 0.215 e. The van der Waals surface area contributed by atoms with Gasteiger partial charge in [-0.2, -0.15) is 11.8 Å². The Hall–Kier alpha value is -0.560. The Morgan fingerprint density at radius 3 is 2.30 bits per heavy atom. The SMILES string of the molecule is CSC1(CNS(=O)(=O)Cc2ccc(CO)cc2)CCC1. The summed E-state index contributed by atoms with van der Waals surface area (Å²) in [5.41, 5.74) is 1.52. The maximum Gasteiger partial charge on any atom is 0.215 e. The highest BCUT2D eigenvalue weighted by atomic mass is 32.2. The number of rotatable bonds is 7. The zero-order valence-electron chi connectivity index (χ0n) is 11.6. The molecule has 1 aromatic rings. The summed E-state index contributed by atoms with van der Waals surface area (Å²) in [5.74, 6) is -0.0107. The lowest BCUT2D eigenvalue weighted by molar-refractivity contribution is 0.282. The van der Waals surface area contributed by atoms with Gasteiger partial charge in [0.1, 0.15) is 0 Å². The van der Waals surface area contributed by atoms with Crippen LogP contribution in [0.1, 0.15) is 30.4 Å². The van der Waals surface area contributed by atoms with Crippen LogP contribution in [0.4, 0.5) is 0 Å². The quantitative estimate of drug-likeness (QED) is 0.806. The van der Waals surface area contributed by atoms with Crippen LogP contribution < -0.4 is 4.72 Å². The van der Waals surface area contributed by atoms with Gasteiger partial charge in [-0.3, -0.25) is 0 Å². The molecule has 112 valence electrons. The summed E-state index contributed by atoms with van der Waals surface area (Å²) in [5, 5.41) is 8.96. The topological polar surface area (TPSA) is 66.4 Å². The van der Waals surface area contributed by atoms with Gasteiger partial charge in [-0.25, -0.2) is 13.1 Å². The maximum atomic E-state index is 12.1. The van der Waals surface area contributed by atoms with Crippen molar-refractivity contribution in [3.63, 3.8) is 0 Å². The predicted octanol–water partition coefficient (Wildman–Crippen LogP) is 1.88. The van der Waals surface area contributed by atoms with E-state index in [1.807, 2.05) is 6.26 Å². The van der Waals surface area contributed by atoms with Crippen molar-refractivity contribution in [2.75, 3.05) is 12.8 Å². The molecule has 0 radical (unpaired) electrons. The molecule has 20 heavy (non-hydrogen) atoms. The van der Waals surface area contributed by atoms with Gasteiger partial charge < -0.3 is 5.11 Å². The monoisotopic (exact) mass is 315 g/mol. The molecule has 2 N–H and O–H groups in total. The van der Waals surface area contributed by atoms with Gasteiger partial charge >= 0.3 is 0 Å². The van der Waals surface area contributed by atoms with E-state index in [9.17, 15) is 8.42 Å². The molecule has 0 heterocycles. The molecule has 0 aromatic heterocycles. The van der Waals surface area contributed by atoms with E-state index in [1.54, 1.807) is 36.0 Å². The lowest BCUT2D eigenvalue weighted by atomic mass is 9.84. The molecular weight excluding hydrogens is 294 g/mol. The van der Waals surface area contributed by atoms with Gasteiger partial charge in [0.25, 0.3) is 0 Å². The van der Waals surface area contributed by atoms with Crippen LogP contribution in [0.2, 0.25) is 0 Å². The highest BCUT2D eigenvalue weighted by Gasteiger charge is 2.36. The molecule has 0 spiro atoms. The summed E-state index contributed by atoms with van der Waals surface area (Å²) in [4.78, 5) is 0. The van der Waals surface area contributed by atoms with Crippen molar-refractivity contribution in [2.24, 2.45) is 0 Å². The minimum atomic E-state index is -3.30. The van der Waals surface area contributed by atoms with Crippen LogP contribution in [0.3, 0.4) is 0 Å². The molecule has 1 aliphatic rings. The van der Waals surface area contributed by atoms with Crippen LogP contribution in [0.25, 0.3) is 0 Å². The Morgan fingerprint density at radius 2 is 1.85 bits per heavy atom. The summed E-state index contributed by atoms with van der Waals surface area (Å²) >= 11 is 1.76. The van der Waals surface area contributed by atoms with Crippen molar-refractivity contribution in [2.45, 2.75) is 36.4 Å². The van der Waals surface area contributed by atoms with Gasteiger partial charge in [0.15, 0.2) is 0 Å². The first-order chi connectivity index (χ1) is 9.49. The van der Waals surface area contributed by atoms with E-state index in [2.05, 4.69) is 4.72 Å². The molecule has 0 unspecified atom stereocenters. The van der Waals surface area contributed by atoms with Crippen LogP contribution in [0, 0.1) is 0 Å². The molecule has 4 nitrogen and oxygen atoms in total. The molecule has 1 fully saturated rings. The maximum absolute atomic E-state index is 12.1. The highest BCUT2D eigenvalue weighted by molar-refractivity contribution is 8.00. The normalized spacial score (nSPS) is 17.7. The highest BCUT2D eigenvalue weighted by Crippen LogP contribution is 2.42. The van der Waals surface area contributed by atoms with Crippen LogP contribution >= 0.6 is 11.8 Å². The second-order valence-electron chi connectivity index (χ2n) is 5.30. The molecule has 0 bridgehead atoms. The number of aliphatic hydroxyl groups is 1. The van der Waals surface area contributed by atoms with Gasteiger partial charge in [0, 0.05) is 11.3 Å². The van der Waals surface area contributed by atoms with Crippen LogP contribution in [-0.4, -0.2) is 31.1 Å². The fraction of sp³-hybridized carbons (Fsp3) is 0.571. The van der Waals surface area contributed by atoms with E-state index >= 15 is 0 Å². The Labute approximate surface area is 125 Å². The predicted molar refractivity (Wildman–Crippen MR) is 83.1 cm³/mol. The summed E-state index contributed by atoms with van der Waals surface area (Å²) < 4.78 is 27.0. The first-order valence-corrected chi connectivity index (χ1v) is 9.57. The molecule has 1 aliphatic carbocycles. The van der Waals surface area contributed by atoms with E-state index in [4.69, 9.17) is 5.11 Å². The Bertz CT molecular complexity index is 531. The minimum Gasteiger partial charge on any atom is -0.392 e. The van der Waals surface area contributed by atoms with Crippen molar-refractivity contribution in [1.82, 2.24) is 4.72 Å².